The summed E-state index contributed by atoms with van der Waals surface area (Å²) < 4.78 is 4.85. The quantitative estimate of drug-likeness (QED) is 0.521. The number of nitriles is 1. The number of hydrogen-bond acceptors (Lipinski definition) is 5. The van der Waals surface area contributed by atoms with Crippen LogP contribution in [0.25, 0.3) is 0 Å². The third kappa shape index (κ3) is 1.78. The molecule has 1 fully saturated rings. The maximum Gasteiger partial charge on any atom is 0.302 e. The molecule has 0 spiro atoms. The van der Waals surface area contributed by atoms with Crippen molar-refractivity contribution in [3.63, 3.8) is 0 Å². The van der Waals surface area contributed by atoms with Gasteiger partial charge < -0.3 is 9.64 Å². The molecular formula is C10H10N2O3S. The summed E-state index contributed by atoms with van der Waals surface area (Å²) in [6.45, 7) is 1.40. The molecule has 2 aliphatic heterocycles. The van der Waals surface area contributed by atoms with Gasteiger partial charge in [-0.2, -0.15) is 5.26 Å². The van der Waals surface area contributed by atoms with E-state index in [0.29, 0.717) is 12.0 Å². The zero-order valence-corrected chi connectivity index (χ0v) is 9.49. The van der Waals surface area contributed by atoms with E-state index in [9.17, 15) is 9.59 Å². The highest BCUT2D eigenvalue weighted by atomic mass is 32.2. The molecule has 0 aromatic carbocycles. The highest BCUT2D eigenvalue weighted by molar-refractivity contribution is 8.02. The highest BCUT2D eigenvalue weighted by Crippen LogP contribution is 2.39. The van der Waals surface area contributed by atoms with Crippen LogP contribution in [0.3, 0.4) is 0 Å². The average molecular weight is 238 g/mol. The van der Waals surface area contributed by atoms with Crippen LogP contribution in [0.15, 0.2) is 11.0 Å². The number of ether oxygens (including phenoxy) is 1. The molecule has 0 aromatic rings. The first-order valence-electron chi connectivity index (χ1n) is 4.82. The second kappa shape index (κ2) is 4.18. The van der Waals surface area contributed by atoms with Crippen molar-refractivity contribution in [3.8, 4) is 6.07 Å². The number of nitrogens with zero attached hydrogens (tertiary/aromatic N) is 2. The van der Waals surface area contributed by atoms with Crippen LogP contribution in [0.5, 0.6) is 0 Å². The van der Waals surface area contributed by atoms with E-state index in [-0.39, 0.29) is 23.9 Å². The fourth-order valence-corrected chi connectivity index (χ4v) is 2.82. The Hall–Kier alpha value is -1.48. The van der Waals surface area contributed by atoms with E-state index in [0.717, 1.165) is 0 Å². The van der Waals surface area contributed by atoms with Gasteiger partial charge in [0.2, 0.25) is 5.91 Å². The number of β-lactam (4-membered cyclic amide) rings is 1. The Morgan fingerprint density at radius 3 is 3.12 bits per heavy atom. The molecule has 0 N–H and O–H groups in total. The fourth-order valence-electron chi connectivity index (χ4n) is 1.68. The molecule has 0 unspecified atom stereocenters. The van der Waals surface area contributed by atoms with Crippen LogP contribution in [0.2, 0.25) is 0 Å². The van der Waals surface area contributed by atoms with Crippen molar-refractivity contribution in [2.24, 2.45) is 0 Å². The SMILES string of the molecule is CC(=O)OCC1=CS[C@@H]2CC(=O)N2[C@H]1C#N. The Morgan fingerprint density at radius 2 is 2.56 bits per heavy atom. The predicted molar refractivity (Wildman–Crippen MR) is 57.0 cm³/mol. The minimum absolute atomic E-state index is 0.0162. The number of carbonyl (C=O) groups is 2. The molecule has 1 amide bonds. The Morgan fingerprint density at radius 1 is 1.81 bits per heavy atom. The van der Waals surface area contributed by atoms with E-state index < -0.39 is 6.04 Å². The van der Waals surface area contributed by atoms with Crippen molar-refractivity contribution < 1.29 is 14.3 Å². The number of rotatable bonds is 2. The molecule has 1 saturated heterocycles. The summed E-state index contributed by atoms with van der Waals surface area (Å²) in [5, 5.41) is 10.9. The van der Waals surface area contributed by atoms with E-state index in [1.807, 2.05) is 5.41 Å². The van der Waals surface area contributed by atoms with Crippen molar-refractivity contribution in [3.05, 3.63) is 11.0 Å². The number of carbonyl (C=O) groups excluding carboxylic acids is 2. The molecule has 84 valence electrons. The van der Waals surface area contributed by atoms with E-state index >= 15 is 0 Å². The minimum atomic E-state index is -0.577. The van der Waals surface area contributed by atoms with Gasteiger partial charge in [0.15, 0.2) is 0 Å². The Labute approximate surface area is 97.0 Å². The van der Waals surface area contributed by atoms with Crippen LogP contribution >= 0.6 is 11.8 Å². The Bertz CT molecular complexity index is 413. The lowest BCUT2D eigenvalue weighted by atomic mass is 10.0. The lowest BCUT2D eigenvalue weighted by Crippen LogP contribution is -2.57. The first-order valence-corrected chi connectivity index (χ1v) is 5.76. The summed E-state index contributed by atoms with van der Waals surface area (Å²) >= 11 is 1.50. The monoisotopic (exact) mass is 238 g/mol. The highest BCUT2D eigenvalue weighted by Gasteiger charge is 2.45. The summed E-state index contributed by atoms with van der Waals surface area (Å²) in [7, 11) is 0. The molecule has 16 heavy (non-hydrogen) atoms. The third-order valence-electron chi connectivity index (χ3n) is 2.52. The van der Waals surface area contributed by atoms with Crippen molar-refractivity contribution in [2.45, 2.75) is 24.8 Å². The van der Waals surface area contributed by atoms with Gasteiger partial charge in [-0.25, -0.2) is 0 Å². The van der Waals surface area contributed by atoms with E-state index in [1.54, 1.807) is 4.90 Å². The summed E-state index contributed by atoms with van der Waals surface area (Å²) in [5.74, 6) is -0.405. The van der Waals surface area contributed by atoms with Crippen LogP contribution in [0, 0.1) is 11.3 Å². The van der Waals surface area contributed by atoms with E-state index in [1.165, 1.54) is 18.7 Å². The maximum absolute atomic E-state index is 11.3. The molecule has 2 heterocycles. The van der Waals surface area contributed by atoms with Crippen molar-refractivity contribution in [1.82, 2.24) is 4.90 Å². The molecule has 0 aromatic heterocycles. The molecule has 0 radical (unpaired) electrons. The number of esters is 1. The third-order valence-corrected chi connectivity index (χ3v) is 3.66. The van der Waals surface area contributed by atoms with Crippen LogP contribution in [0.4, 0.5) is 0 Å². The second-order valence-electron chi connectivity index (χ2n) is 3.60. The molecule has 0 saturated carbocycles. The summed E-state index contributed by atoms with van der Waals surface area (Å²) in [6.07, 6.45) is 0.486. The molecular weight excluding hydrogens is 228 g/mol. The Kier molecular flexibility index (Phi) is 2.88. The van der Waals surface area contributed by atoms with Gasteiger partial charge >= 0.3 is 5.97 Å². The second-order valence-corrected chi connectivity index (χ2v) is 4.65. The number of amides is 1. The van der Waals surface area contributed by atoms with Crippen molar-refractivity contribution in [2.75, 3.05) is 6.61 Å². The van der Waals surface area contributed by atoms with Gasteiger partial charge in [0.25, 0.3) is 0 Å². The van der Waals surface area contributed by atoms with Gasteiger partial charge in [-0.05, 0) is 5.41 Å². The molecule has 5 nitrogen and oxygen atoms in total. The lowest BCUT2D eigenvalue weighted by molar-refractivity contribution is -0.143. The van der Waals surface area contributed by atoms with Gasteiger partial charge in [0.05, 0.1) is 17.9 Å². The van der Waals surface area contributed by atoms with Gasteiger partial charge in [0, 0.05) is 12.5 Å². The van der Waals surface area contributed by atoms with Crippen LogP contribution in [-0.4, -0.2) is 34.8 Å². The number of fused-ring (bicyclic) bond motifs is 1. The van der Waals surface area contributed by atoms with Crippen molar-refractivity contribution >= 4 is 23.6 Å². The Balaban J connectivity index is 2.09. The molecule has 6 heteroatoms. The zero-order valence-electron chi connectivity index (χ0n) is 8.67. The summed E-state index contributed by atoms with van der Waals surface area (Å²) in [6, 6.07) is 1.49. The first-order chi connectivity index (χ1) is 7.63. The fraction of sp³-hybridized carbons (Fsp3) is 0.500. The lowest BCUT2D eigenvalue weighted by Gasteiger charge is -2.45. The van der Waals surface area contributed by atoms with Gasteiger partial charge in [0.1, 0.15) is 12.6 Å². The minimum Gasteiger partial charge on any atom is -0.461 e. The number of thioether (sulfide) groups is 1. The molecule has 2 atom stereocenters. The number of hydrogen-bond donors (Lipinski definition) is 0. The van der Waals surface area contributed by atoms with Crippen LogP contribution in [-0.2, 0) is 14.3 Å². The molecule has 0 aliphatic carbocycles. The normalized spacial score (nSPS) is 27.4. The standard InChI is InChI=1S/C10H10N2O3S/c1-6(13)15-4-7-5-16-10-2-9(14)12(10)8(7)3-11/h5,8,10H,2,4H2,1H3/t8-,10+/m0/s1. The average Bonchev–Trinajstić information content (AvgIpc) is 2.24. The zero-order chi connectivity index (χ0) is 11.7. The molecule has 0 bridgehead atoms. The predicted octanol–water partition coefficient (Wildman–Crippen LogP) is 0.631. The van der Waals surface area contributed by atoms with Gasteiger partial charge in [-0.3, -0.25) is 9.59 Å². The van der Waals surface area contributed by atoms with Crippen molar-refractivity contribution in [1.29, 1.82) is 5.26 Å². The first kappa shape index (κ1) is 11.0. The van der Waals surface area contributed by atoms with Gasteiger partial charge in [-0.1, -0.05) is 0 Å². The van der Waals surface area contributed by atoms with E-state index in [2.05, 4.69) is 6.07 Å². The van der Waals surface area contributed by atoms with Crippen LogP contribution < -0.4 is 0 Å². The summed E-state index contributed by atoms with van der Waals surface area (Å²) in [4.78, 5) is 23.6. The molecule has 2 rings (SSSR count). The van der Waals surface area contributed by atoms with Crippen LogP contribution in [0.1, 0.15) is 13.3 Å². The maximum atomic E-state index is 11.3. The van der Waals surface area contributed by atoms with E-state index in [4.69, 9.17) is 10.00 Å². The largest absolute Gasteiger partial charge is 0.461 e. The topological polar surface area (TPSA) is 70.4 Å². The smallest absolute Gasteiger partial charge is 0.302 e. The summed E-state index contributed by atoms with van der Waals surface area (Å²) in [5.41, 5.74) is 0.673. The van der Waals surface area contributed by atoms with Gasteiger partial charge in [-0.15, -0.1) is 11.8 Å². The molecule has 2 aliphatic rings.